The van der Waals surface area contributed by atoms with Crippen molar-refractivity contribution in [2.24, 2.45) is 5.73 Å². The lowest BCUT2D eigenvalue weighted by Crippen LogP contribution is -2.43. The summed E-state index contributed by atoms with van der Waals surface area (Å²) in [6.07, 6.45) is -1.29. The maximum absolute atomic E-state index is 12.6. The summed E-state index contributed by atoms with van der Waals surface area (Å²) < 4.78 is 37.8. The molecule has 1 fully saturated rings. The Morgan fingerprint density at radius 3 is 2.56 bits per heavy atom. The summed E-state index contributed by atoms with van der Waals surface area (Å²) in [5.41, 5.74) is 4.67. The fraction of sp³-hybridized carbons (Fsp3) is 0.583. The van der Waals surface area contributed by atoms with E-state index in [1.807, 2.05) is 4.90 Å². The van der Waals surface area contributed by atoms with Crippen LogP contribution in [0.5, 0.6) is 0 Å². The highest BCUT2D eigenvalue weighted by molar-refractivity contribution is 5.41. The van der Waals surface area contributed by atoms with Crippen LogP contribution < -0.4 is 10.6 Å². The van der Waals surface area contributed by atoms with Crippen molar-refractivity contribution < 1.29 is 13.2 Å². The number of anilines is 1. The zero-order valence-corrected chi connectivity index (χ0v) is 9.95. The Hall–Kier alpha value is -1.30. The van der Waals surface area contributed by atoms with Crippen molar-refractivity contribution in [1.82, 2.24) is 4.98 Å². The van der Waals surface area contributed by atoms with E-state index >= 15 is 0 Å². The highest BCUT2D eigenvalue weighted by Crippen LogP contribution is 2.32. The van der Waals surface area contributed by atoms with E-state index in [0.29, 0.717) is 18.9 Å². The van der Waals surface area contributed by atoms with Crippen LogP contribution in [-0.2, 0) is 6.18 Å². The minimum Gasteiger partial charge on any atom is -0.352 e. The Bertz CT molecular complexity index is 402. The number of halogens is 3. The van der Waals surface area contributed by atoms with Crippen molar-refractivity contribution in [3.8, 4) is 0 Å². The minimum absolute atomic E-state index is 0.282. The molecule has 2 N–H and O–H groups in total. The van der Waals surface area contributed by atoms with Crippen molar-refractivity contribution in [1.29, 1.82) is 0 Å². The van der Waals surface area contributed by atoms with Crippen LogP contribution in [0, 0.1) is 0 Å². The number of alkyl halides is 3. The fourth-order valence-corrected chi connectivity index (χ4v) is 2.06. The maximum Gasteiger partial charge on any atom is 0.433 e. The van der Waals surface area contributed by atoms with Crippen molar-refractivity contribution >= 4 is 5.82 Å². The topological polar surface area (TPSA) is 42.1 Å². The zero-order valence-electron chi connectivity index (χ0n) is 9.95. The van der Waals surface area contributed by atoms with Gasteiger partial charge in [0.15, 0.2) is 0 Å². The van der Waals surface area contributed by atoms with Gasteiger partial charge in [0.25, 0.3) is 0 Å². The van der Waals surface area contributed by atoms with Gasteiger partial charge >= 0.3 is 6.18 Å². The maximum atomic E-state index is 12.6. The number of pyridine rings is 1. The largest absolute Gasteiger partial charge is 0.433 e. The van der Waals surface area contributed by atoms with Crippen LogP contribution in [0.15, 0.2) is 18.2 Å². The molecule has 18 heavy (non-hydrogen) atoms. The minimum atomic E-state index is -4.40. The van der Waals surface area contributed by atoms with Crippen molar-refractivity contribution in [2.45, 2.75) is 31.5 Å². The summed E-state index contributed by atoms with van der Waals surface area (Å²) in [4.78, 5) is 5.60. The quantitative estimate of drug-likeness (QED) is 0.903. The first kappa shape index (κ1) is 13.1. The Kier molecular flexibility index (Phi) is 3.75. The van der Waals surface area contributed by atoms with Gasteiger partial charge < -0.3 is 10.6 Å². The molecule has 1 aliphatic carbocycles. The molecule has 1 aliphatic rings. The predicted octanol–water partition coefficient (Wildman–Crippen LogP) is 2.42. The lowest BCUT2D eigenvalue weighted by atomic mass is 9.91. The molecule has 0 aromatic carbocycles. The predicted molar refractivity (Wildman–Crippen MR) is 63.3 cm³/mol. The second-order valence-corrected chi connectivity index (χ2v) is 4.45. The molecule has 100 valence electrons. The number of hydrogen-bond donors (Lipinski definition) is 1. The van der Waals surface area contributed by atoms with E-state index < -0.39 is 11.9 Å². The number of hydrogen-bond acceptors (Lipinski definition) is 3. The van der Waals surface area contributed by atoms with Crippen LogP contribution >= 0.6 is 0 Å². The van der Waals surface area contributed by atoms with Crippen LogP contribution in [0.3, 0.4) is 0 Å². The third kappa shape index (κ3) is 2.75. The van der Waals surface area contributed by atoms with Gasteiger partial charge in [0.05, 0.1) is 0 Å². The van der Waals surface area contributed by atoms with Crippen molar-refractivity contribution in [3.63, 3.8) is 0 Å². The van der Waals surface area contributed by atoms with Crippen molar-refractivity contribution in [3.05, 3.63) is 23.9 Å². The molecular formula is C12H16F3N3. The van der Waals surface area contributed by atoms with E-state index in [9.17, 15) is 13.2 Å². The van der Waals surface area contributed by atoms with Gasteiger partial charge in [0.1, 0.15) is 11.5 Å². The fourth-order valence-electron chi connectivity index (χ4n) is 2.06. The summed E-state index contributed by atoms with van der Waals surface area (Å²) in [5, 5.41) is 0. The molecule has 6 heteroatoms. The third-order valence-corrected chi connectivity index (χ3v) is 3.20. The molecule has 0 bridgehead atoms. The first-order valence-electron chi connectivity index (χ1n) is 6.03. The van der Waals surface area contributed by atoms with Crippen LogP contribution in [0.4, 0.5) is 19.0 Å². The summed E-state index contributed by atoms with van der Waals surface area (Å²) in [6, 6.07) is 4.28. The van der Waals surface area contributed by atoms with Crippen LogP contribution in [0.2, 0.25) is 0 Å². The van der Waals surface area contributed by atoms with Gasteiger partial charge in [0.2, 0.25) is 0 Å². The first-order valence-corrected chi connectivity index (χ1v) is 6.03. The molecule has 1 heterocycles. The number of rotatable bonds is 4. The second-order valence-electron chi connectivity index (χ2n) is 4.45. The number of nitrogens with zero attached hydrogens (tertiary/aromatic N) is 2. The molecule has 1 aromatic heterocycles. The molecule has 1 aromatic rings. The van der Waals surface area contributed by atoms with Gasteiger partial charge in [-0.2, -0.15) is 13.2 Å². The number of aromatic nitrogens is 1. The smallest absolute Gasteiger partial charge is 0.352 e. The zero-order chi connectivity index (χ0) is 13.2. The third-order valence-electron chi connectivity index (χ3n) is 3.20. The first-order chi connectivity index (χ1) is 8.52. The van der Waals surface area contributed by atoms with Gasteiger partial charge in [-0.15, -0.1) is 0 Å². The average Bonchev–Trinajstić information content (AvgIpc) is 2.25. The molecule has 0 amide bonds. The summed E-state index contributed by atoms with van der Waals surface area (Å²) >= 11 is 0. The standard InChI is InChI=1S/C12H16F3N3/c13-12(14,15)10-5-2-6-11(17-10)18(8-7-16)9-3-1-4-9/h2,5-6,9H,1,3-4,7-8,16H2. The van der Waals surface area contributed by atoms with Gasteiger partial charge in [0, 0.05) is 19.1 Å². The van der Waals surface area contributed by atoms with E-state index in [-0.39, 0.29) is 6.04 Å². The summed E-state index contributed by atoms with van der Waals surface area (Å²) in [5.74, 6) is 0.375. The number of nitrogens with two attached hydrogens (primary N) is 1. The summed E-state index contributed by atoms with van der Waals surface area (Å²) in [6.45, 7) is 0.952. The van der Waals surface area contributed by atoms with E-state index in [1.165, 1.54) is 6.07 Å². The molecule has 0 atom stereocenters. The Balaban J connectivity index is 2.24. The highest BCUT2D eigenvalue weighted by Gasteiger charge is 2.33. The molecule has 0 radical (unpaired) electrons. The van der Waals surface area contributed by atoms with E-state index in [4.69, 9.17) is 5.73 Å². The normalized spacial score (nSPS) is 16.4. The Morgan fingerprint density at radius 2 is 2.06 bits per heavy atom. The van der Waals surface area contributed by atoms with Gasteiger partial charge in [-0.1, -0.05) is 6.07 Å². The monoisotopic (exact) mass is 259 g/mol. The van der Waals surface area contributed by atoms with Crippen LogP contribution in [0.1, 0.15) is 25.0 Å². The van der Waals surface area contributed by atoms with Crippen molar-refractivity contribution in [2.75, 3.05) is 18.0 Å². The second kappa shape index (κ2) is 5.14. The molecule has 1 saturated carbocycles. The molecular weight excluding hydrogens is 243 g/mol. The molecule has 0 unspecified atom stereocenters. The highest BCUT2D eigenvalue weighted by atomic mass is 19.4. The average molecular weight is 259 g/mol. The van der Waals surface area contributed by atoms with Gasteiger partial charge in [-0.05, 0) is 31.4 Å². The van der Waals surface area contributed by atoms with Crippen LogP contribution in [-0.4, -0.2) is 24.1 Å². The molecule has 0 aliphatic heterocycles. The van der Waals surface area contributed by atoms with E-state index in [0.717, 1.165) is 25.3 Å². The molecule has 0 saturated heterocycles. The Morgan fingerprint density at radius 1 is 1.33 bits per heavy atom. The molecule has 3 nitrogen and oxygen atoms in total. The van der Waals surface area contributed by atoms with E-state index in [1.54, 1.807) is 6.07 Å². The molecule has 2 rings (SSSR count). The van der Waals surface area contributed by atoms with Gasteiger partial charge in [-0.3, -0.25) is 0 Å². The van der Waals surface area contributed by atoms with Crippen LogP contribution in [0.25, 0.3) is 0 Å². The lowest BCUT2D eigenvalue weighted by molar-refractivity contribution is -0.141. The Labute approximate surface area is 104 Å². The SMILES string of the molecule is NCCN(c1cccc(C(F)(F)F)n1)C1CCC1. The van der Waals surface area contributed by atoms with E-state index in [2.05, 4.69) is 4.98 Å². The lowest BCUT2D eigenvalue weighted by Gasteiger charge is -2.38. The molecule has 0 spiro atoms. The van der Waals surface area contributed by atoms with Gasteiger partial charge in [-0.25, -0.2) is 4.98 Å². The summed E-state index contributed by atoms with van der Waals surface area (Å²) in [7, 11) is 0.